The molecule has 0 atom stereocenters. The minimum atomic E-state index is -0.880. The van der Waals surface area contributed by atoms with Crippen LogP contribution in [-0.4, -0.2) is 16.0 Å². The lowest BCUT2D eigenvalue weighted by Crippen LogP contribution is -2.23. The van der Waals surface area contributed by atoms with Crippen molar-refractivity contribution in [1.29, 1.82) is 0 Å². The van der Waals surface area contributed by atoms with Crippen molar-refractivity contribution in [1.82, 2.24) is 4.98 Å². The number of aromatic hydroxyl groups is 1. The van der Waals surface area contributed by atoms with Gasteiger partial charge in [0.1, 0.15) is 17.1 Å². The molecule has 0 saturated heterocycles. The highest BCUT2D eigenvalue weighted by Gasteiger charge is 2.19. The molecule has 0 bridgehead atoms. The number of aromatic nitrogens is 1. The van der Waals surface area contributed by atoms with E-state index < -0.39 is 28.6 Å². The van der Waals surface area contributed by atoms with E-state index in [-0.39, 0.29) is 5.69 Å². The summed E-state index contributed by atoms with van der Waals surface area (Å²) in [4.78, 5) is 26.7. The molecule has 0 aliphatic carbocycles. The fourth-order valence-electron chi connectivity index (χ4n) is 2.18. The Labute approximate surface area is 124 Å². The summed E-state index contributed by atoms with van der Waals surface area (Å²) in [5, 5.41) is 12.8. The Morgan fingerprint density at radius 2 is 1.77 bits per heavy atom. The van der Waals surface area contributed by atoms with E-state index >= 15 is 0 Å². The van der Waals surface area contributed by atoms with Crippen molar-refractivity contribution in [2.24, 2.45) is 0 Å². The maximum absolute atomic E-state index is 13.6. The Morgan fingerprint density at radius 3 is 2.55 bits per heavy atom. The zero-order valence-electron chi connectivity index (χ0n) is 11.3. The van der Waals surface area contributed by atoms with E-state index in [4.69, 9.17) is 0 Å². The Kier molecular flexibility index (Phi) is 3.34. The summed E-state index contributed by atoms with van der Waals surface area (Å²) in [5.74, 6) is -1.95. The van der Waals surface area contributed by atoms with Gasteiger partial charge in [0, 0.05) is 5.39 Å². The summed E-state index contributed by atoms with van der Waals surface area (Å²) in [6.45, 7) is 0. The van der Waals surface area contributed by atoms with Gasteiger partial charge in [-0.25, -0.2) is 4.39 Å². The smallest absolute Gasteiger partial charge is 0.265 e. The normalized spacial score (nSPS) is 10.6. The second kappa shape index (κ2) is 5.33. The molecule has 5 nitrogen and oxygen atoms in total. The first-order chi connectivity index (χ1) is 10.6. The number of amides is 1. The number of hydrogen-bond donors (Lipinski definition) is 3. The van der Waals surface area contributed by atoms with Crippen LogP contribution < -0.4 is 10.9 Å². The Morgan fingerprint density at radius 1 is 1.09 bits per heavy atom. The maximum atomic E-state index is 13.6. The monoisotopic (exact) mass is 298 g/mol. The van der Waals surface area contributed by atoms with E-state index in [0.717, 1.165) is 0 Å². The lowest BCUT2D eigenvalue weighted by molar-refractivity contribution is 0.102. The summed E-state index contributed by atoms with van der Waals surface area (Å²) >= 11 is 0. The minimum Gasteiger partial charge on any atom is -0.506 e. The number of aromatic amines is 1. The van der Waals surface area contributed by atoms with Crippen LogP contribution in [0.5, 0.6) is 5.75 Å². The molecule has 1 aromatic heterocycles. The zero-order chi connectivity index (χ0) is 15.7. The molecule has 3 rings (SSSR count). The van der Waals surface area contributed by atoms with Crippen LogP contribution in [-0.2, 0) is 0 Å². The van der Waals surface area contributed by atoms with Crippen LogP contribution in [0.4, 0.5) is 10.1 Å². The van der Waals surface area contributed by atoms with Crippen LogP contribution in [0.1, 0.15) is 10.4 Å². The van der Waals surface area contributed by atoms with Gasteiger partial charge in [0.2, 0.25) is 0 Å². The van der Waals surface area contributed by atoms with Crippen LogP contribution in [0.2, 0.25) is 0 Å². The molecule has 0 aliphatic heterocycles. The Bertz CT molecular complexity index is 934. The summed E-state index contributed by atoms with van der Waals surface area (Å²) in [6.07, 6.45) is 0. The van der Waals surface area contributed by atoms with Gasteiger partial charge in [-0.2, -0.15) is 0 Å². The molecule has 1 amide bonds. The fraction of sp³-hybridized carbons (Fsp3) is 0. The first-order valence-corrected chi connectivity index (χ1v) is 6.48. The highest BCUT2D eigenvalue weighted by Crippen LogP contribution is 2.25. The molecule has 0 unspecified atom stereocenters. The molecule has 2 aromatic carbocycles. The molecule has 22 heavy (non-hydrogen) atoms. The topological polar surface area (TPSA) is 82.2 Å². The number of hydrogen-bond acceptors (Lipinski definition) is 3. The van der Waals surface area contributed by atoms with Crippen molar-refractivity contribution in [3.63, 3.8) is 0 Å². The van der Waals surface area contributed by atoms with Crippen molar-refractivity contribution in [3.05, 3.63) is 70.3 Å². The molecule has 3 aromatic rings. The fourth-order valence-corrected chi connectivity index (χ4v) is 2.18. The number of rotatable bonds is 2. The molecular formula is C16H11FN2O3. The van der Waals surface area contributed by atoms with Gasteiger partial charge >= 0.3 is 0 Å². The third-order valence-corrected chi connectivity index (χ3v) is 3.24. The second-order valence-electron chi connectivity index (χ2n) is 4.66. The predicted molar refractivity (Wildman–Crippen MR) is 80.6 cm³/mol. The van der Waals surface area contributed by atoms with Crippen LogP contribution >= 0.6 is 0 Å². The number of H-pyrrole nitrogens is 1. The highest BCUT2D eigenvalue weighted by atomic mass is 19.1. The van der Waals surface area contributed by atoms with Gasteiger partial charge in [-0.1, -0.05) is 24.3 Å². The van der Waals surface area contributed by atoms with E-state index in [2.05, 4.69) is 10.3 Å². The number of pyridine rings is 1. The van der Waals surface area contributed by atoms with Gasteiger partial charge in [0.05, 0.1) is 11.2 Å². The molecular weight excluding hydrogens is 287 g/mol. The molecule has 1 heterocycles. The van der Waals surface area contributed by atoms with Crippen molar-refractivity contribution < 1.29 is 14.3 Å². The van der Waals surface area contributed by atoms with Crippen molar-refractivity contribution in [2.75, 3.05) is 5.32 Å². The number of benzene rings is 2. The standard InChI is InChI=1S/C16H11FN2O3/c17-10-6-2-4-8-12(10)19-16(22)13-14(20)9-5-1-3-7-11(9)18-15(13)21/h1-8H,(H,19,22)(H2,18,20,21). The van der Waals surface area contributed by atoms with Gasteiger partial charge < -0.3 is 15.4 Å². The molecule has 0 fully saturated rings. The van der Waals surface area contributed by atoms with Crippen LogP contribution in [0.3, 0.4) is 0 Å². The second-order valence-corrected chi connectivity index (χ2v) is 4.66. The number of para-hydroxylation sites is 2. The summed E-state index contributed by atoms with van der Waals surface area (Å²) in [7, 11) is 0. The molecule has 0 radical (unpaired) electrons. The van der Waals surface area contributed by atoms with Crippen LogP contribution in [0.25, 0.3) is 10.9 Å². The number of carbonyl (C=O) groups is 1. The lowest BCUT2D eigenvalue weighted by Gasteiger charge is -2.09. The molecule has 6 heteroatoms. The van der Waals surface area contributed by atoms with E-state index in [0.29, 0.717) is 10.9 Å². The van der Waals surface area contributed by atoms with E-state index in [1.165, 1.54) is 18.2 Å². The molecule has 0 aliphatic rings. The summed E-state index contributed by atoms with van der Waals surface area (Å²) < 4.78 is 13.6. The SMILES string of the molecule is O=C(Nc1ccccc1F)c1c(O)c2ccccc2[nH]c1=O. The number of carbonyl (C=O) groups excluding carboxylic acids is 1. The molecule has 0 spiro atoms. The van der Waals surface area contributed by atoms with E-state index in [9.17, 15) is 19.1 Å². The van der Waals surface area contributed by atoms with E-state index in [1.54, 1.807) is 30.3 Å². The van der Waals surface area contributed by atoms with Gasteiger partial charge in [-0.05, 0) is 24.3 Å². The largest absolute Gasteiger partial charge is 0.506 e. The molecule has 0 saturated carbocycles. The number of anilines is 1. The zero-order valence-corrected chi connectivity index (χ0v) is 11.3. The molecule has 110 valence electrons. The number of nitrogens with one attached hydrogen (secondary N) is 2. The number of fused-ring (bicyclic) bond motifs is 1. The van der Waals surface area contributed by atoms with Gasteiger partial charge in [-0.15, -0.1) is 0 Å². The Balaban J connectivity index is 2.08. The first-order valence-electron chi connectivity index (χ1n) is 6.48. The minimum absolute atomic E-state index is 0.0699. The van der Waals surface area contributed by atoms with Gasteiger partial charge in [0.15, 0.2) is 0 Å². The van der Waals surface area contributed by atoms with Crippen molar-refractivity contribution >= 4 is 22.5 Å². The average molecular weight is 298 g/mol. The van der Waals surface area contributed by atoms with Crippen LogP contribution in [0, 0.1) is 5.82 Å². The number of halogens is 1. The lowest BCUT2D eigenvalue weighted by atomic mass is 10.1. The Hall–Kier alpha value is -3.15. The maximum Gasteiger partial charge on any atom is 0.265 e. The third-order valence-electron chi connectivity index (χ3n) is 3.24. The average Bonchev–Trinajstić information content (AvgIpc) is 2.49. The summed E-state index contributed by atoms with van der Waals surface area (Å²) in [6, 6.07) is 12.1. The van der Waals surface area contributed by atoms with Crippen molar-refractivity contribution in [3.8, 4) is 5.75 Å². The molecule has 3 N–H and O–H groups in total. The predicted octanol–water partition coefficient (Wildman–Crippen LogP) is 2.63. The van der Waals surface area contributed by atoms with Crippen molar-refractivity contribution in [2.45, 2.75) is 0 Å². The van der Waals surface area contributed by atoms with Crippen LogP contribution in [0.15, 0.2) is 53.3 Å². The first kappa shape index (κ1) is 13.8. The summed E-state index contributed by atoms with van der Waals surface area (Å²) in [5.41, 5.74) is -0.862. The van der Waals surface area contributed by atoms with Gasteiger partial charge in [0.25, 0.3) is 11.5 Å². The third kappa shape index (κ3) is 2.31. The van der Waals surface area contributed by atoms with Gasteiger partial charge in [-0.3, -0.25) is 9.59 Å². The highest BCUT2D eigenvalue weighted by molar-refractivity contribution is 6.08. The quantitative estimate of drug-likeness (QED) is 0.680. The van der Waals surface area contributed by atoms with E-state index in [1.807, 2.05) is 0 Å².